The van der Waals surface area contributed by atoms with E-state index in [4.69, 9.17) is 4.99 Å². The Morgan fingerprint density at radius 1 is 1.03 bits per heavy atom. The van der Waals surface area contributed by atoms with Crippen LogP contribution in [0, 0.1) is 13.8 Å². The van der Waals surface area contributed by atoms with Gasteiger partial charge in [0.2, 0.25) is 0 Å². The minimum absolute atomic E-state index is 0. The first-order valence-corrected chi connectivity index (χ1v) is 11.8. The van der Waals surface area contributed by atoms with Crippen LogP contribution >= 0.6 is 24.0 Å². The number of aryl methyl sites for hydroxylation is 2. The summed E-state index contributed by atoms with van der Waals surface area (Å²) in [5, 5.41) is 11.6. The molecule has 1 saturated carbocycles. The number of nitrogens with zero attached hydrogens (tertiary/aromatic N) is 4. The van der Waals surface area contributed by atoms with Crippen molar-refractivity contribution in [2.45, 2.75) is 84.1 Å². The van der Waals surface area contributed by atoms with Crippen molar-refractivity contribution >= 4 is 29.9 Å². The molecule has 0 amide bonds. The largest absolute Gasteiger partial charge is 0.357 e. The monoisotopic (exact) mass is 530 g/mol. The third kappa shape index (κ3) is 6.34. The van der Waals surface area contributed by atoms with Gasteiger partial charge >= 0.3 is 0 Å². The molecule has 0 atom stereocenters. The van der Waals surface area contributed by atoms with Crippen LogP contribution in [-0.2, 0) is 13.5 Å². The van der Waals surface area contributed by atoms with Gasteiger partial charge in [-0.3, -0.25) is 14.6 Å². The third-order valence-corrected chi connectivity index (χ3v) is 7.01. The zero-order valence-electron chi connectivity index (χ0n) is 19.6. The van der Waals surface area contributed by atoms with Crippen molar-refractivity contribution in [2.75, 3.05) is 32.7 Å². The first-order chi connectivity index (χ1) is 14.1. The Bertz CT molecular complexity index is 671. The zero-order valence-corrected chi connectivity index (χ0v) is 21.9. The number of halogens is 1. The fourth-order valence-electron chi connectivity index (χ4n) is 5.21. The lowest BCUT2D eigenvalue weighted by molar-refractivity contribution is 0.0407. The lowest BCUT2D eigenvalue weighted by atomic mass is 9.79. The van der Waals surface area contributed by atoms with Crippen molar-refractivity contribution in [3.63, 3.8) is 0 Å². The molecule has 0 spiro atoms. The van der Waals surface area contributed by atoms with Crippen molar-refractivity contribution in [2.24, 2.45) is 12.0 Å². The van der Waals surface area contributed by atoms with E-state index in [-0.39, 0.29) is 29.5 Å². The van der Waals surface area contributed by atoms with Crippen LogP contribution in [0.15, 0.2) is 4.99 Å². The second-order valence-electron chi connectivity index (χ2n) is 8.98. The maximum absolute atomic E-state index is 5.10. The van der Waals surface area contributed by atoms with Gasteiger partial charge in [0.1, 0.15) is 0 Å². The lowest BCUT2D eigenvalue weighted by Crippen LogP contribution is -2.54. The molecule has 2 N–H and O–H groups in total. The van der Waals surface area contributed by atoms with Crippen LogP contribution in [0.3, 0.4) is 0 Å². The highest BCUT2D eigenvalue weighted by Crippen LogP contribution is 2.35. The van der Waals surface area contributed by atoms with Gasteiger partial charge in [0.05, 0.1) is 12.2 Å². The molecule has 2 aliphatic rings. The average Bonchev–Trinajstić information content (AvgIpc) is 2.99. The summed E-state index contributed by atoms with van der Waals surface area (Å²) in [6.45, 7) is 11.6. The van der Waals surface area contributed by atoms with Gasteiger partial charge in [0.15, 0.2) is 5.96 Å². The van der Waals surface area contributed by atoms with E-state index in [0.717, 1.165) is 37.7 Å². The highest BCUT2D eigenvalue weighted by Gasteiger charge is 2.38. The fraction of sp³-hybridized carbons (Fsp3) is 0.826. The lowest BCUT2D eigenvalue weighted by Gasteiger charge is -2.47. The second kappa shape index (κ2) is 12.3. The molecule has 1 aliphatic heterocycles. The Morgan fingerprint density at radius 3 is 2.30 bits per heavy atom. The molecule has 2 heterocycles. The molecule has 172 valence electrons. The minimum Gasteiger partial charge on any atom is -0.357 e. The number of aliphatic imine (C=N–C) groups is 1. The molecule has 0 unspecified atom stereocenters. The number of piperidine rings is 1. The molecule has 1 aromatic rings. The van der Waals surface area contributed by atoms with Gasteiger partial charge in [-0.15, -0.1) is 24.0 Å². The molecule has 7 heteroatoms. The van der Waals surface area contributed by atoms with Crippen LogP contribution in [0.4, 0.5) is 0 Å². The third-order valence-electron chi connectivity index (χ3n) is 7.01. The van der Waals surface area contributed by atoms with Gasteiger partial charge in [0.25, 0.3) is 0 Å². The summed E-state index contributed by atoms with van der Waals surface area (Å²) in [4.78, 5) is 7.88. The predicted molar refractivity (Wildman–Crippen MR) is 137 cm³/mol. The van der Waals surface area contributed by atoms with Crippen LogP contribution < -0.4 is 10.6 Å². The van der Waals surface area contributed by atoms with Crippen molar-refractivity contribution in [3.05, 3.63) is 17.0 Å². The summed E-state index contributed by atoms with van der Waals surface area (Å²) < 4.78 is 1.98. The Kier molecular flexibility index (Phi) is 10.4. The molecule has 1 saturated heterocycles. The Labute approximate surface area is 200 Å². The number of guanidine groups is 1. The van der Waals surface area contributed by atoms with E-state index in [1.165, 1.54) is 75.7 Å². The fourth-order valence-corrected chi connectivity index (χ4v) is 5.21. The summed E-state index contributed by atoms with van der Waals surface area (Å²) in [5.74, 6) is 0.966. The Hall–Kier alpha value is -0.830. The predicted octanol–water partition coefficient (Wildman–Crippen LogP) is 3.94. The van der Waals surface area contributed by atoms with Gasteiger partial charge < -0.3 is 10.6 Å². The smallest absolute Gasteiger partial charge is 0.191 e. The van der Waals surface area contributed by atoms with Gasteiger partial charge in [-0.1, -0.05) is 25.7 Å². The van der Waals surface area contributed by atoms with Gasteiger partial charge in [-0.2, -0.15) is 5.10 Å². The molecule has 0 bridgehead atoms. The van der Waals surface area contributed by atoms with E-state index >= 15 is 0 Å². The second-order valence-corrected chi connectivity index (χ2v) is 8.98. The van der Waals surface area contributed by atoms with Crippen LogP contribution in [0.5, 0.6) is 0 Å². The van der Waals surface area contributed by atoms with Crippen molar-refractivity contribution in [1.82, 2.24) is 25.3 Å². The molecule has 3 rings (SSSR count). The molecular weight excluding hydrogens is 487 g/mol. The van der Waals surface area contributed by atoms with E-state index in [2.05, 4.69) is 41.4 Å². The van der Waals surface area contributed by atoms with E-state index in [9.17, 15) is 0 Å². The van der Waals surface area contributed by atoms with Crippen LogP contribution in [0.2, 0.25) is 0 Å². The van der Waals surface area contributed by atoms with E-state index < -0.39 is 0 Å². The molecule has 2 fully saturated rings. The topological polar surface area (TPSA) is 57.5 Å². The van der Waals surface area contributed by atoms with Crippen LogP contribution in [-0.4, -0.2) is 58.9 Å². The van der Waals surface area contributed by atoms with Crippen LogP contribution in [0.25, 0.3) is 0 Å². The van der Waals surface area contributed by atoms with Gasteiger partial charge in [0, 0.05) is 31.4 Å². The number of aromatic nitrogens is 2. The van der Waals surface area contributed by atoms with E-state index in [0.29, 0.717) is 0 Å². The van der Waals surface area contributed by atoms with Gasteiger partial charge in [-0.25, -0.2) is 0 Å². The molecule has 0 aromatic carbocycles. The van der Waals surface area contributed by atoms with Gasteiger partial charge in [-0.05, 0) is 71.5 Å². The molecule has 1 aromatic heterocycles. The first-order valence-electron chi connectivity index (χ1n) is 11.8. The summed E-state index contributed by atoms with van der Waals surface area (Å²) in [6.07, 6.45) is 11.8. The Morgan fingerprint density at radius 2 is 1.70 bits per heavy atom. The average molecular weight is 531 g/mol. The highest BCUT2D eigenvalue weighted by atomic mass is 127. The van der Waals surface area contributed by atoms with E-state index in [1.54, 1.807) is 0 Å². The maximum Gasteiger partial charge on any atom is 0.191 e. The van der Waals surface area contributed by atoms with Crippen molar-refractivity contribution in [1.29, 1.82) is 0 Å². The molecular formula is C23H43IN6. The van der Waals surface area contributed by atoms with Crippen molar-refractivity contribution < 1.29 is 0 Å². The number of rotatable bonds is 7. The molecule has 6 nitrogen and oxygen atoms in total. The summed E-state index contributed by atoms with van der Waals surface area (Å²) in [7, 11) is 2.02. The number of hydrogen-bond donors (Lipinski definition) is 2. The highest BCUT2D eigenvalue weighted by molar-refractivity contribution is 14.0. The standard InChI is InChI=1S/C23H42N6.HI/c1-5-24-22(25-15-12-21-19(2)27-28(4)20(21)3)26-18-23(13-8-6-9-14-23)29-16-10-7-11-17-29;/h5-18H2,1-4H3,(H2,24,25,26);1H. The maximum atomic E-state index is 5.10. The molecule has 30 heavy (non-hydrogen) atoms. The van der Waals surface area contributed by atoms with Crippen LogP contribution in [0.1, 0.15) is 75.2 Å². The Balaban J connectivity index is 0.00000320. The summed E-state index contributed by atoms with van der Waals surface area (Å²) in [6, 6.07) is 0. The summed E-state index contributed by atoms with van der Waals surface area (Å²) >= 11 is 0. The number of nitrogens with one attached hydrogen (secondary N) is 2. The quantitative estimate of drug-likeness (QED) is 0.319. The molecule has 0 radical (unpaired) electrons. The first kappa shape index (κ1) is 25.4. The number of likely N-dealkylation sites (tertiary alicyclic amines) is 1. The number of hydrogen-bond acceptors (Lipinski definition) is 3. The molecule has 1 aliphatic carbocycles. The van der Waals surface area contributed by atoms with E-state index in [1.807, 2.05) is 11.7 Å². The summed E-state index contributed by atoms with van der Waals surface area (Å²) in [5.41, 5.74) is 4.04. The zero-order chi connectivity index (χ0) is 20.7. The normalized spacial score (nSPS) is 19.9. The van der Waals surface area contributed by atoms with Crippen molar-refractivity contribution in [3.8, 4) is 0 Å². The SMILES string of the molecule is CCNC(=NCC1(N2CCCCC2)CCCCC1)NCCc1c(C)nn(C)c1C.I. The minimum atomic E-state index is 0.